The van der Waals surface area contributed by atoms with E-state index in [1.807, 2.05) is 18.7 Å². The number of nitrogens with two attached hydrogens (primary N) is 1. The van der Waals surface area contributed by atoms with E-state index in [4.69, 9.17) is 5.73 Å². The van der Waals surface area contributed by atoms with Gasteiger partial charge >= 0.3 is 0 Å². The zero-order valence-electron chi connectivity index (χ0n) is 12.3. The van der Waals surface area contributed by atoms with Gasteiger partial charge < -0.3 is 15.5 Å². The molecule has 1 amide bonds. The molecule has 1 aliphatic rings. The van der Waals surface area contributed by atoms with E-state index in [2.05, 4.69) is 14.9 Å². The van der Waals surface area contributed by atoms with Crippen LogP contribution in [-0.4, -0.2) is 53.0 Å². The molecule has 0 aliphatic carbocycles. The van der Waals surface area contributed by atoms with Crippen LogP contribution in [0.4, 0.5) is 5.95 Å². The van der Waals surface area contributed by atoms with Crippen LogP contribution in [0.1, 0.15) is 13.8 Å². The summed E-state index contributed by atoms with van der Waals surface area (Å²) in [5, 5.41) is 0. The molecule has 2 N–H and O–H groups in total. The lowest BCUT2D eigenvalue weighted by molar-refractivity contribution is -0.133. The van der Waals surface area contributed by atoms with Gasteiger partial charge in [0.05, 0.1) is 6.04 Å². The lowest BCUT2D eigenvalue weighted by atomic mass is 10.0. The molecule has 120 valence electrons. The van der Waals surface area contributed by atoms with E-state index in [1.54, 1.807) is 18.5 Å². The Kier molecular flexibility index (Phi) is 8.54. The summed E-state index contributed by atoms with van der Waals surface area (Å²) in [6.45, 7) is 6.80. The predicted octanol–water partition coefficient (Wildman–Crippen LogP) is 0.952. The van der Waals surface area contributed by atoms with E-state index in [0.29, 0.717) is 13.1 Å². The van der Waals surface area contributed by atoms with Crippen molar-refractivity contribution >= 4 is 36.7 Å². The Morgan fingerprint density at radius 3 is 2.14 bits per heavy atom. The molecular weight excluding hydrogens is 313 g/mol. The van der Waals surface area contributed by atoms with Gasteiger partial charge in [-0.15, -0.1) is 24.8 Å². The number of piperazine rings is 1. The van der Waals surface area contributed by atoms with Crippen molar-refractivity contribution in [3.63, 3.8) is 0 Å². The largest absolute Gasteiger partial charge is 0.338 e. The molecular formula is C13H23Cl2N5O. The lowest BCUT2D eigenvalue weighted by Crippen LogP contribution is -2.54. The molecule has 1 atom stereocenters. The third kappa shape index (κ3) is 4.98. The number of anilines is 1. The number of halogens is 2. The molecule has 1 aromatic heterocycles. The van der Waals surface area contributed by atoms with Gasteiger partial charge in [0.25, 0.3) is 0 Å². The first-order chi connectivity index (χ1) is 9.09. The highest BCUT2D eigenvalue weighted by atomic mass is 35.5. The highest BCUT2D eigenvalue weighted by molar-refractivity contribution is 5.85. The molecule has 2 heterocycles. The van der Waals surface area contributed by atoms with Gasteiger partial charge in [0.1, 0.15) is 0 Å². The van der Waals surface area contributed by atoms with Crippen molar-refractivity contribution in [1.29, 1.82) is 0 Å². The number of hydrogen-bond acceptors (Lipinski definition) is 5. The Labute approximate surface area is 137 Å². The summed E-state index contributed by atoms with van der Waals surface area (Å²) in [5.74, 6) is 0.939. The molecule has 1 aliphatic heterocycles. The van der Waals surface area contributed by atoms with Gasteiger partial charge in [0, 0.05) is 38.6 Å². The molecule has 1 fully saturated rings. The van der Waals surface area contributed by atoms with Gasteiger partial charge in [-0.05, 0) is 12.0 Å². The minimum absolute atomic E-state index is 0. The first-order valence-electron chi connectivity index (χ1n) is 6.66. The highest BCUT2D eigenvalue weighted by Crippen LogP contribution is 2.11. The van der Waals surface area contributed by atoms with E-state index < -0.39 is 6.04 Å². The highest BCUT2D eigenvalue weighted by Gasteiger charge is 2.27. The maximum Gasteiger partial charge on any atom is 0.239 e. The maximum absolute atomic E-state index is 12.1. The van der Waals surface area contributed by atoms with Gasteiger partial charge in [-0.3, -0.25) is 4.79 Å². The summed E-state index contributed by atoms with van der Waals surface area (Å²) in [6.07, 6.45) is 3.46. The van der Waals surface area contributed by atoms with Crippen LogP contribution in [0.5, 0.6) is 0 Å². The summed E-state index contributed by atoms with van der Waals surface area (Å²) in [6, 6.07) is 1.39. The molecule has 6 nitrogen and oxygen atoms in total. The average molecular weight is 336 g/mol. The fourth-order valence-corrected chi connectivity index (χ4v) is 2.08. The van der Waals surface area contributed by atoms with E-state index in [9.17, 15) is 4.79 Å². The van der Waals surface area contributed by atoms with Crippen LogP contribution < -0.4 is 10.6 Å². The second-order valence-corrected chi connectivity index (χ2v) is 5.13. The monoisotopic (exact) mass is 335 g/mol. The van der Waals surface area contributed by atoms with Gasteiger partial charge in [-0.1, -0.05) is 13.8 Å². The lowest BCUT2D eigenvalue weighted by Gasteiger charge is -2.36. The topological polar surface area (TPSA) is 75.4 Å². The van der Waals surface area contributed by atoms with Crippen LogP contribution in [0.3, 0.4) is 0 Å². The van der Waals surface area contributed by atoms with Crippen LogP contribution in [0.25, 0.3) is 0 Å². The van der Waals surface area contributed by atoms with Crippen LogP contribution >= 0.6 is 24.8 Å². The van der Waals surface area contributed by atoms with Crippen LogP contribution in [-0.2, 0) is 4.79 Å². The van der Waals surface area contributed by atoms with Crippen molar-refractivity contribution < 1.29 is 4.79 Å². The molecule has 0 saturated carbocycles. The van der Waals surface area contributed by atoms with Crippen molar-refractivity contribution in [2.24, 2.45) is 11.7 Å². The average Bonchev–Trinajstić information content (AvgIpc) is 2.46. The number of carbonyl (C=O) groups excluding carboxylic acids is 1. The Balaban J connectivity index is 0.00000200. The molecule has 21 heavy (non-hydrogen) atoms. The third-order valence-electron chi connectivity index (χ3n) is 3.43. The fraction of sp³-hybridized carbons (Fsp3) is 0.615. The van der Waals surface area contributed by atoms with Gasteiger partial charge in [0.15, 0.2) is 0 Å². The third-order valence-corrected chi connectivity index (χ3v) is 3.43. The molecule has 0 spiro atoms. The Morgan fingerprint density at radius 1 is 1.14 bits per heavy atom. The van der Waals surface area contributed by atoms with Crippen molar-refractivity contribution in [1.82, 2.24) is 14.9 Å². The summed E-state index contributed by atoms with van der Waals surface area (Å²) < 4.78 is 0. The van der Waals surface area contributed by atoms with Gasteiger partial charge in [0.2, 0.25) is 11.9 Å². The molecule has 1 unspecified atom stereocenters. The number of nitrogens with zero attached hydrogens (tertiary/aromatic N) is 4. The number of amides is 1. The second kappa shape index (κ2) is 9.02. The molecule has 2 rings (SSSR count). The standard InChI is InChI=1S/C13H21N5O.2ClH/c1-10(2)11(14)12(19)17-6-8-18(9-7-17)13-15-4-3-5-16-13;;/h3-5,10-11H,6-9,14H2,1-2H3;2*1H. The fourth-order valence-electron chi connectivity index (χ4n) is 2.08. The van der Waals surface area contributed by atoms with E-state index in [0.717, 1.165) is 19.0 Å². The van der Waals surface area contributed by atoms with Crippen molar-refractivity contribution in [2.75, 3.05) is 31.1 Å². The van der Waals surface area contributed by atoms with Gasteiger partial charge in [-0.2, -0.15) is 0 Å². The van der Waals surface area contributed by atoms with Crippen LogP contribution in [0.15, 0.2) is 18.5 Å². The van der Waals surface area contributed by atoms with E-state index >= 15 is 0 Å². The van der Waals surface area contributed by atoms with Crippen molar-refractivity contribution in [3.05, 3.63) is 18.5 Å². The first-order valence-corrected chi connectivity index (χ1v) is 6.66. The predicted molar refractivity (Wildman–Crippen MR) is 88.1 cm³/mol. The number of rotatable bonds is 3. The molecule has 8 heteroatoms. The summed E-state index contributed by atoms with van der Waals surface area (Å²) in [5.41, 5.74) is 5.91. The minimum Gasteiger partial charge on any atom is -0.338 e. The molecule has 0 bridgehead atoms. The molecule has 0 radical (unpaired) electrons. The Morgan fingerprint density at radius 2 is 1.67 bits per heavy atom. The quantitative estimate of drug-likeness (QED) is 0.890. The van der Waals surface area contributed by atoms with Crippen LogP contribution in [0, 0.1) is 5.92 Å². The van der Waals surface area contributed by atoms with E-state index in [-0.39, 0.29) is 36.6 Å². The molecule has 1 saturated heterocycles. The van der Waals surface area contributed by atoms with Gasteiger partial charge in [-0.25, -0.2) is 9.97 Å². The van der Waals surface area contributed by atoms with Crippen LogP contribution in [0.2, 0.25) is 0 Å². The zero-order valence-corrected chi connectivity index (χ0v) is 13.9. The Hall–Kier alpha value is -1.11. The van der Waals surface area contributed by atoms with Crippen molar-refractivity contribution in [3.8, 4) is 0 Å². The number of carbonyl (C=O) groups is 1. The molecule has 0 aromatic carbocycles. The zero-order chi connectivity index (χ0) is 13.8. The maximum atomic E-state index is 12.1. The smallest absolute Gasteiger partial charge is 0.239 e. The van der Waals surface area contributed by atoms with E-state index in [1.165, 1.54) is 0 Å². The minimum atomic E-state index is -0.403. The summed E-state index contributed by atoms with van der Waals surface area (Å²) in [4.78, 5) is 24.5. The summed E-state index contributed by atoms with van der Waals surface area (Å²) in [7, 11) is 0. The second-order valence-electron chi connectivity index (χ2n) is 5.13. The number of aromatic nitrogens is 2. The first kappa shape index (κ1) is 19.9. The number of hydrogen-bond donors (Lipinski definition) is 1. The summed E-state index contributed by atoms with van der Waals surface area (Å²) >= 11 is 0. The molecule has 1 aromatic rings. The Bertz CT molecular complexity index is 424. The van der Waals surface area contributed by atoms with Crippen molar-refractivity contribution in [2.45, 2.75) is 19.9 Å². The SMILES string of the molecule is CC(C)C(N)C(=O)N1CCN(c2ncccn2)CC1.Cl.Cl. The normalized spacial score (nSPS) is 16.0.